The van der Waals surface area contributed by atoms with Gasteiger partial charge in [0.2, 0.25) is 5.91 Å². The maximum atomic E-state index is 13.5. The SMILES string of the molecule is CN1CCCN(C(=O)c2ccccc2C2CCC3C4NNCC4C(=O)N(CC(F)(F)F)C3C2)CC1. The maximum absolute atomic E-state index is 13.5. The molecule has 2 amide bonds. The number of likely N-dealkylation sites (N-methyl/N-ethyl adjacent to an activating group) is 1. The van der Waals surface area contributed by atoms with E-state index in [-0.39, 0.29) is 23.8 Å². The number of nitrogens with one attached hydrogen (secondary N) is 2. The van der Waals surface area contributed by atoms with Gasteiger partial charge in [0.05, 0.1) is 5.92 Å². The minimum Gasteiger partial charge on any atom is -0.337 e. The van der Waals surface area contributed by atoms with Crippen LogP contribution in [0.15, 0.2) is 24.3 Å². The number of carbonyl (C=O) groups is 2. The molecule has 1 aliphatic carbocycles. The fraction of sp³-hybridized carbons (Fsp3) is 0.680. The van der Waals surface area contributed by atoms with E-state index in [4.69, 9.17) is 0 Å². The molecule has 5 rings (SSSR count). The first-order valence-corrected chi connectivity index (χ1v) is 12.7. The van der Waals surface area contributed by atoms with Crippen LogP contribution in [0.4, 0.5) is 13.2 Å². The van der Waals surface area contributed by atoms with Crippen LogP contribution in [-0.4, -0.2) is 91.1 Å². The number of alkyl halides is 3. The molecule has 1 aromatic rings. The number of piperidine rings is 1. The molecule has 5 unspecified atom stereocenters. The topological polar surface area (TPSA) is 67.9 Å². The van der Waals surface area contributed by atoms with E-state index < -0.39 is 30.6 Å². The van der Waals surface area contributed by atoms with Gasteiger partial charge in [0.15, 0.2) is 0 Å². The lowest BCUT2D eigenvalue weighted by molar-refractivity contribution is -0.178. The van der Waals surface area contributed by atoms with Crippen molar-refractivity contribution in [1.82, 2.24) is 25.6 Å². The van der Waals surface area contributed by atoms with E-state index in [0.29, 0.717) is 38.0 Å². The molecular weight excluding hydrogens is 459 g/mol. The van der Waals surface area contributed by atoms with Gasteiger partial charge in [-0.3, -0.25) is 20.4 Å². The zero-order valence-electron chi connectivity index (χ0n) is 20.1. The molecule has 2 N–H and O–H groups in total. The monoisotopic (exact) mass is 493 g/mol. The van der Waals surface area contributed by atoms with Crippen molar-refractivity contribution in [1.29, 1.82) is 0 Å². The van der Waals surface area contributed by atoms with Crippen LogP contribution in [0.25, 0.3) is 0 Å². The van der Waals surface area contributed by atoms with Crippen molar-refractivity contribution in [2.45, 2.75) is 49.9 Å². The van der Waals surface area contributed by atoms with E-state index in [2.05, 4.69) is 22.8 Å². The molecule has 3 heterocycles. The van der Waals surface area contributed by atoms with Gasteiger partial charge in [-0.1, -0.05) is 18.2 Å². The van der Waals surface area contributed by atoms with Crippen LogP contribution >= 0.6 is 0 Å². The molecule has 35 heavy (non-hydrogen) atoms. The van der Waals surface area contributed by atoms with E-state index in [1.807, 2.05) is 29.2 Å². The average molecular weight is 494 g/mol. The van der Waals surface area contributed by atoms with Gasteiger partial charge in [-0.25, -0.2) is 0 Å². The number of halogens is 3. The zero-order chi connectivity index (χ0) is 24.7. The second-order valence-electron chi connectivity index (χ2n) is 10.5. The summed E-state index contributed by atoms with van der Waals surface area (Å²) in [4.78, 5) is 31.8. The van der Waals surface area contributed by atoms with Crippen LogP contribution in [0.3, 0.4) is 0 Å². The first-order valence-electron chi connectivity index (χ1n) is 12.7. The van der Waals surface area contributed by atoms with Gasteiger partial charge < -0.3 is 14.7 Å². The Morgan fingerprint density at radius 2 is 1.91 bits per heavy atom. The number of benzene rings is 1. The Labute approximate surface area is 204 Å². The Hall–Kier alpha value is -2.17. The fourth-order valence-electron chi connectivity index (χ4n) is 6.62. The lowest BCUT2D eigenvalue weighted by Gasteiger charge is -2.50. The summed E-state index contributed by atoms with van der Waals surface area (Å²) in [5, 5.41) is 0. The molecule has 0 spiro atoms. The number of amides is 2. The third kappa shape index (κ3) is 4.93. The molecule has 3 aliphatic heterocycles. The Balaban J connectivity index is 1.40. The smallest absolute Gasteiger partial charge is 0.337 e. The van der Waals surface area contributed by atoms with Crippen LogP contribution in [0.1, 0.15) is 47.5 Å². The van der Waals surface area contributed by atoms with Crippen molar-refractivity contribution >= 4 is 11.8 Å². The fourth-order valence-corrected chi connectivity index (χ4v) is 6.62. The molecule has 192 valence electrons. The highest BCUT2D eigenvalue weighted by molar-refractivity contribution is 5.96. The molecule has 4 aliphatic rings. The predicted octanol–water partition coefficient (Wildman–Crippen LogP) is 2.21. The minimum atomic E-state index is -4.45. The normalized spacial score (nSPS) is 32.2. The van der Waals surface area contributed by atoms with Gasteiger partial charge in [0.1, 0.15) is 6.54 Å². The molecule has 5 atom stereocenters. The van der Waals surface area contributed by atoms with E-state index >= 15 is 0 Å². The zero-order valence-corrected chi connectivity index (χ0v) is 20.1. The van der Waals surface area contributed by atoms with Crippen molar-refractivity contribution in [3.05, 3.63) is 35.4 Å². The van der Waals surface area contributed by atoms with Gasteiger partial charge in [-0.2, -0.15) is 13.2 Å². The molecular formula is C25H34F3N5O2. The van der Waals surface area contributed by atoms with Gasteiger partial charge in [-0.05, 0) is 62.7 Å². The largest absolute Gasteiger partial charge is 0.406 e. The molecule has 0 bridgehead atoms. The highest BCUT2D eigenvalue weighted by Crippen LogP contribution is 2.46. The van der Waals surface area contributed by atoms with Gasteiger partial charge >= 0.3 is 6.18 Å². The van der Waals surface area contributed by atoms with Crippen LogP contribution in [0.5, 0.6) is 0 Å². The van der Waals surface area contributed by atoms with Crippen LogP contribution in [0, 0.1) is 11.8 Å². The Kier molecular flexibility index (Phi) is 6.80. The molecule has 4 fully saturated rings. The standard InChI is InChI=1S/C25H34F3N5O2/c1-31-9-4-10-32(12-11-31)23(34)18-6-3-2-5-17(18)16-7-8-19-21(13-16)33(15-25(26,27)28)24(35)20-14-29-30-22(19)20/h2-3,5-6,16,19-22,29-30H,4,7-15H2,1H3. The number of hydrazine groups is 1. The molecule has 0 aromatic heterocycles. The summed E-state index contributed by atoms with van der Waals surface area (Å²) in [6, 6.07) is 6.88. The van der Waals surface area contributed by atoms with Crippen molar-refractivity contribution in [3.8, 4) is 0 Å². The predicted molar refractivity (Wildman–Crippen MR) is 125 cm³/mol. The molecule has 7 nitrogen and oxygen atoms in total. The number of nitrogens with zero attached hydrogens (tertiary/aromatic N) is 3. The quantitative estimate of drug-likeness (QED) is 0.676. The van der Waals surface area contributed by atoms with Gasteiger partial charge in [0, 0.05) is 43.8 Å². The summed E-state index contributed by atoms with van der Waals surface area (Å²) in [5.74, 6) is -1.02. The summed E-state index contributed by atoms with van der Waals surface area (Å²) < 4.78 is 40.5. The van der Waals surface area contributed by atoms with Crippen LogP contribution in [0.2, 0.25) is 0 Å². The number of likely N-dealkylation sites (tertiary alicyclic amines) is 1. The summed E-state index contributed by atoms with van der Waals surface area (Å²) in [7, 11) is 2.05. The number of fused-ring (bicyclic) bond motifs is 3. The number of hydrogen-bond acceptors (Lipinski definition) is 5. The van der Waals surface area contributed by atoms with E-state index in [9.17, 15) is 22.8 Å². The van der Waals surface area contributed by atoms with E-state index in [1.54, 1.807) is 0 Å². The summed E-state index contributed by atoms with van der Waals surface area (Å²) in [6.45, 7) is 2.26. The molecule has 1 saturated carbocycles. The molecule has 3 saturated heterocycles. The average Bonchev–Trinajstić information content (AvgIpc) is 3.23. The van der Waals surface area contributed by atoms with Crippen molar-refractivity contribution < 1.29 is 22.8 Å². The molecule has 0 radical (unpaired) electrons. The maximum Gasteiger partial charge on any atom is 0.406 e. The van der Waals surface area contributed by atoms with Crippen LogP contribution in [-0.2, 0) is 4.79 Å². The van der Waals surface area contributed by atoms with Gasteiger partial charge in [-0.15, -0.1) is 0 Å². The Bertz CT molecular complexity index is 957. The van der Waals surface area contributed by atoms with E-state index in [0.717, 1.165) is 36.4 Å². The highest BCUT2D eigenvalue weighted by atomic mass is 19.4. The van der Waals surface area contributed by atoms with Crippen molar-refractivity contribution in [2.24, 2.45) is 11.8 Å². The lowest BCUT2D eigenvalue weighted by Crippen LogP contribution is -2.63. The Morgan fingerprint density at radius 3 is 2.71 bits per heavy atom. The second kappa shape index (κ2) is 9.71. The summed E-state index contributed by atoms with van der Waals surface area (Å²) in [6.07, 6.45) is -1.61. The summed E-state index contributed by atoms with van der Waals surface area (Å²) >= 11 is 0. The van der Waals surface area contributed by atoms with Crippen molar-refractivity contribution in [2.75, 3.05) is 46.3 Å². The van der Waals surface area contributed by atoms with E-state index in [1.165, 1.54) is 0 Å². The highest BCUT2D eigenvalue weighted by Gasteiger charge is 2.54. The first kappa shape index (κ1) is 24.5. The first-order chi connectivity index (χ1) is 16.7. The van der Waals surface area contributed by atoms with Crippen LogP contribution < -0.4 is 10.9 Å². The third-order valence-corrected chi connectivity index (χ3v) is 8.34. The lowest BCUT2D eigenvalue weighted by atomic mass is 9.67. The molecule has 1 aromatic carbocycles. The third-order valence-electron chi connectivity index (χ3n) is 8.34. The Morgan fingerprint density at radius 1 is 1.11 bits per heavy atom. The summed E-state index contributed by atoms with van der Waals surface area (Å²) in [5.41, 5.74) is 7.69. The minimum absolute atomic E-state index is 0.00776. The number of rotatable bonds is 3. The molecule has 10 heteroatoms. The number of hydrogen-bond donors (Lipinski definition) is 2. The van der Waals surface area contributed by atoms with Crippen molar-refractivity contribution in [3.63, 3.8) is 0 Å². The van der Waals surface area contributed by atoms with Gasteiger partial charge in [0.25, 0.3) is 5.91 Å². The number of carbonyl (C=O) groups excluding carboxylic acids is 2. The second-order valence-corrected chi connectivity index (χ2v) is 10.5.